The predicted octanol–water partition coefficient (Wildman–Crippen LogP) is 10.7. The summed E-state index contributed by atoms with van der Waals surface area (Å²) in [6.07, 6.45) is 32.4. The Kier molecular flexibility index (Phi) is 29.2. The lowest BCUT2D eigenvalue weighted by Crippen LogP contribution is -2.44. The molecule has 0 radical (unpaired) electrons. The molecule has 0 bridgehead atoms. The second-order valence-corrected chi connectivity index (χ2v) is 13.9. The van der Waals surface area contributed by atoms with Gasteiger partial charge in [0.05, 0.1) is 34.2 Å². The number of carbonyl (C=O) groups is 2. The summed E-state index contributed by atoms with van der Waals surface area (Å²) in [7, 11) is 6.18. The average Bonchev–Trinajstić information content (AvgIpc) is 2.92. The highest BCUT2D eigenvalue weighted by Gasteiger charge is 2.25. The standard InChI is InChI=1S/C37H74NO4/c1-6-8-10-12-14-16-18-20-21-23-25-27-29-31-36(39)42-35(34-38(3,4)5)33-37(40)41-32-30-28-26-24-22-19-17-15-13-11-9-7-2/h35H,6-34H2,1-5H3/q+1. The molecule has 250 valence electrons. The van der Waals surface area contributed by atoms with Crippen molar-refractivity contribution in [2.45, 2.75) is 193 Å². The number of quaternary nitrogens is 1. The molecule has 42 heavy (non-hydrogen) atoms. The molecule has 0 aliphatic rings. The van der Waals surface area contributed by atoms with Gasteiger partial charge in [-0.1, -0.05) is 162 Å². The number of likely N-dealkylation sites (N-methyl/N-ethyl adjacent to an activating group) is 1. The third-order valence-electron chi connectivity index (χ3n) is 8.19. The van der Waals surface area contributed by atoms with Gasteiger partial charge in [0.25, 0.3) is 0 Å². The Labute approximate surface area is 262 Å². The topological polar surface area (TPSA) is 52.6 Å². The Morgan fingerprint density at radius 3 is 1.24 bits per heavy atom. The molecule has 0 aromatic carbocycles. The molecule has 0 saturated carbocycles. The number of carbonyl (C=O) groups excluding carboxylic acids is 2. The molecule has 0 aliphatic heterocycles. The molecule has 0 fully saturated rings. The first-order valence-corrected chi connectivity index (χ1v) is 18.4. The summed E-state index contributed by atoms with van der Waals surface area (Å²) in [6.45, 7) is 5.62. The second-order valence-electron chi connectivity index (χ2n) is 13.9. The van der Waals surface area contributed by atoms with Gasteiger partial charge < -0.3 is 14.0 Å². The quantitative estimate of drug-likeness (QED) is 0.0440. The first kappa shape index (κ1) is 40.9. The van der Waals surface area contributed by atoms with Crippen molar-refractivity contribution in [2.75, 3.05) is 34.3 Å². The number of hydrogen-bond donors (Lipinski definition) is 0. The van der Waals surface area contributed by atoms with E-state index < -0.39 is 6.10 Å². The van der Waals surface area contributed by atoms with E-state index in [4.69, 9.17) is 9.47 Å². The number of unbranched alkanes of at least 4 members (excludes halogenated alkanes) is 23. The Balaban J connectivity index is 3.89. The van der Waals surface area contributed by atoms with Crippen molar-refractivity contribution in [3.63, 3.8) is 0 Å². The predicted molar refractivity (Wildman–Crippen MR) is 180 cm³/mol. The highest BCUT2D eigenvalue weighted by Crippen LogP contribution is 2.15. The smallest absolute Gasteiger partial charge is 0.309 e. The van der Waals surface area contributed by atoms with Gasteiger partial charge in [0.2, 0.25) is 0 Å². The minimum atomic E-state index is -0.422. The van der Waals surface area contributed by atoms with Crippen LogP contribution in [0.5, 0.6) is 0 Å². The Morgan fingerprint density at radius 1 is 0.500 bits per heavy atom. The number of hydrogen-bond acceptors (Lipinski definition) is 4. The Hall–Kier alpha value is -1.10. The fourth-order valence-electron chi connectivity index (χ4n) is 5.66. The van der Waals surface area contributed by atoms with Crippen molar-refractivity contribution in [1.82, 2.24) is 0 Å². The Morgan fingerprint density at radius 2 is 0.857 bits per heavy atom. The molecule has 0 heterocycles. The molecular formula is C37H74NO4+. The third kappa shape index (κ3) is 31.8. The first-order valence-electron chi connectivity index (χ1n) is 18.4. The van der Waals surface area contributed by atoms with Crippen molar-refractivity contribution in [2.24, 2.45) is 0 Å². The van der Waals surface area contributed by atoms with Crippen LogP contribution in [-0.4, -0.2) is 56.8 Å². The van der Waals surface area contributed by atoms with E-state index in [-0.39, 0.29) is 18.4 Å². The van der Waals surface area contributed by atoms with Crippen LogP contribution in [-0.2, 0) is 19.1 Å². The van der Waals surface area contributed by atoms with Crippen molar-refractivity contribution in [3.05, 3.63) is 0 Å². The van der Waals surface area contributed by atoms with Crippen LogP contribution >= 0.6 is 0 Å². The van der Waals surface area contributed by atoms with Crippen LogP contribution < -0.4 is 0 Å². The zero-order valence-electron chi connectivity index (χ0n) is 29.2. The molecule has 0 spiro atoms. The summed E-state index contributed by atoms with van der Waals surface area (Å²) >= 11 is 0. The van der Waals surface area contributed by atoms with E-state index in [0.29, 0.717) is 24.1 Å². The van der Waals surface area contributed by atoms with Gasteiger partial charge >= 0.3 is 11.9 Å². The van der Waals surface area contributed by atoms with Gasteiger partial charge in [0, 0.05) is 6.42 Å². The molecule has 1 atom stereocenters. The van der Waals surface area contributed by atoms with Crippen LogP contribution in [0.3, 0.4) is 0 Å². The van der Waals surface area contributed by atoms with Gasteiger partial charge in [0.15, 0.2) is 6.10 Å². The zero-order chi connectivity index (χ0) is 31.2. The van der Waals surface area contributed by atoms with Gasteiger partial charge in [-0.3, -0.25) is 9.59 Å². The minimum absolute atomic E-state index is 0.151. The van der Waals surface area contributed by atoms with E-state index in [1.165, 1.54) is 135 Å². The molecule has 0 N–H and O–H groups in total. The molecule has 5 heteroatoms. The lowest BCUT2D eigenvalue weighted by molar-refractivity contribution is -0.873. The Bertz CT molecular complexity index is 557. The van der Waals surface area contributed by atoms with Crippen molar-refractivity contribution < 1.29 is 23.5 Å². The summed E-state index contributed by atoms with van der Waals surface area (Å²) in [4.78, 5) is 25.0. The molecule has 0 aromatic heterocycles. The highest BCUT2D eigenvalue weighted by atomic mass is 16.6. The summed E-state index contributed by atoms with van der Waals surface area (Å²) in [5.74, 6) is -0.421. The van der Waals surface area contributed by atoms with Gasteiger partial charge in [0.1, 0.15) is 6.54 Å². The van der Waals surface area contributed by atoms with E-state index in [2.05, 4.69) is 35.0 Å². The van der Waals surface area contributed by atoms with Crippen molar-refractivity contribution in [1.29, 1.82) is 0 Å². The lowest BCUT2D eigenvalue weighted by atomic mass is 10.0. The zero-order valence-corrected chi connectivity index (χ0v) is 29.2. The van der Waals surface area contributed by atoms with Gasteiger partial charge in [-0.2, -0.15) is 0 Å². The second kappa shape index (κ2) is 29.9. The number of esters is 2. The van der Waals surface area contributed by atoms with Gasteiger partial charge in [-0.15, -0.1) is 0 Å². The fourth-order valence-corrected chi connectivity index (χ4v) is 5.66. The van der Waals surface area contributed by atoms with Crippen LogP contribution in [0.2, 0.25) is 0 Å². The van der Waals surface area contributed by atoms with Crippen LogP contribution in [0, 0.1) is 0 Å². The molecule has 1 unspecified atom stereocenters. The molecular weight excluding hydrogens is 522 g/mol. The number of ether oxygens (including phenoxy) is 2. The summed E-state index contributed by atoms with van der Waals surface area (Å²) in [6, 6.07) is 0. The summed E-state index contributed by atoms with van der Waals surface area (Å²) < 4.78 is 11.9. The third-order valence-corrected chi connectivity index (χ3v) is 8.19. The van der Waals surface area contributed by atoms with E-state index >= 15 is 0 Å². The van der Waals surface area contributed by atoms with E-state index in [1.807, 2.05) is 0 Å². The fraction of sp³-hybridized carbons (Fsp3) is 0.946. The van der Waals surface area contributed by atoms with Crippen LogP contribution in [0.1, 0.15) is 187 Å². The van der Waals surface area contributed by atoms with E-state index in [9.17, 15) is 9.59 Å². The molecule has 5 nitrogen and oxygen atoms in total. The molecule has 0 aromatic rings. The number of nitrogens with zero attached hydrogens (tertiary/aromatic N) is 1. The SMILES string of the molecule is CCCCCCCCCCCCCCCC(=O)OC(CC(=O)OCCCCCCCCCCCCCC)C[N+](C)(C)C. The van der Waals surface area contributed by atoms with Gasteiger partial charge in [-0.05, 0) is 12.8 Å². The number of rotatable bonds is 32. The highest BCUT2D eigenvalue weighted by molar-refractivity contribution is 5.72. The minimum Gasteiger partial charge on any atom is -0.466 e. The largest absolute Gasteiger partial charge is 0.466 e. The van der Waals surface area contributed by atoms with Crippen molar-refractivity contribution >= 4 is 11.9 Å². The van der Waals surface area contributed by atoms with Gasteiger partial charge in [-0.25, -0.2) is 0 Å². The monoisotopic (exact) mass is 597 g/mol. The lowest BCUT2D eigenvalue weighted by Gasteiger charge is -2.28. The molecule has 0 saturated heterocycles. The van der Waals surface area contributed by atoms with E-state index in [0.717, 1.165) is 25.7 Å². The maximum atomic E-state index is 12.5. The molecule has 0 aliphatic carbocycles. The maximum Gasteiger partial charge on any atom is 0.309 e. The first-order chi connectivity index (χ1) is 20.3. The van der Waals surface area contributed by atoms with Crippen molar-refractivity contribution in [3.8, 4) is 0 Å². The van der Waals surface area contributed by atoms with E-state index in [1.54, 1.807) is 0 Å². The maximum absolute atomic E-state index is 12.5. The molecule has 0 amide bonds. The van der Waals surface area contributed by atoms with Crippen LogP contribution in [0.25, 0.3) is 0 Å². The average molecular weight is 597 g/mol. The summed E-state index contributed by atoms with van der Waals surface area (Å²) in [5.41, 5.74) is 0. The normalized spacial score (nSPS) is 12.4. The summed E-state index contributed by atoms with van der Waals surface area (Å²) in [5, 5.41) is 0. The van der Waals surface area contributed by atoms with Crippen LogP contribution in [0.15, 0.2) is 0 Å². The molecule has 0 rings (SSSR count). The van der Waals surface area contributed by atoms with Crippen LogP contribution in [0.4, 0.5) is 0 Å².